The molecule has 13 heteroatoms. The van der Waals surface area contributed by atoms with Gasteiger partial charge in [0.15, 0.2) is 0 Å². The maximum atomic E-state index is 13.6. The Balaban J connectivity index is 1.79. The van der Waals surface area contributed by atoms with Crippen LogP contribution in [0, 0.1) is 5.92 Å². The van der Waals surface area contributed by atoms with E-state index in [-0.39, 0.29) is 23.2 Å². The highest BCUT2D eigenvalue weighted by atomic mass is 32.2. The van der Waals surface area contributed by atoms with Crippen LogP contribution in [0.4, 0.5) is 13.2 Å². The molecule has 0 bridgehead atoms. The summed E-state index contributed by atoms with van der Waals surface area (Å²) in [6.07, 6.45) is -2.03. The standard InChI is InChI=1S/C17H20F3N7O2S/c18-17(19,20)12-6-5-11(9-1-3-10(4-2-9)15-22-7-8-23-15)13(14(12)30(21,28)29)16-24-26-27-25-16/h5-6,9-10H,1-4,7-8H2,(H,22,23)(H2,21,28,29)(H,24,25,26,27). The van der Waals surface area contributed by atoms with Gasteiger partial charge in [-0.05, 0) is 48.4 Å². The van der Waals surface area contributed by atoms with Crippen LogP contribution in [-0.2, 0) is 16.2 Å². The summed E-state index contributed by atoms with van der Waals surface area (Å²) in [4.78, 5) is 3.44. The van der Waals surface area contributed by atoms with Crippen molar-refractivity contribution < 1.29 is 21.6 Å². The Bertz CT molecular complexity index is 1060. The monoisotopic (exact) mass is 443 g/mol. The van der Waals surface area contributed by atoms with Crippen molar-refractivity contribution in [1.29, 1.82) is 0 Å². The van der Waals surface area contributed by atoms with Crippen molar-refractivity contribution in [1.82, 2.24) is 25.9 Å². The molecule has 1 fully saturated rings. The summed E-state index contributed by atoms with van der Waals surface area (Å²) in [5, 5.41) is 21.6. The highest BCUT2D eigenvalue weighted by molar-refractivity contribution is 7.89. The minimum atomic E-state index is -4.91. The molecule has 1 aliphatic heterocycles. The number of sulfonamides is 1. The van der Waals surface area contributed by atoms with Gasteiger partial charge in [-0.25, -0.2) is 13.6 Å². The number of aromatic amines is 1. The number of amidine groups is 1. The molecular weight excluding hydrogens is 423 g/mol. The SMILES string of the molecule is NS(=O)(=O)c1c(C(F)(F)F)ccc(C2CCC(C3=NCCN3)CC2)c1-c1nn[nH]n1. The molecule has 1 aliphatic carbocycles. The third-order valence-corrected chi connectivity index (χ3v) is 6.60. The molecule has 1 saturated carbocycles. The first-order chi connectivity index (χ1) is 14.2. The summed E-state index contributed by atoms with van der Waals surface area (Å²) < 4.78 is 65.3. The largest absolute Gasteiger partial charge is 0.417 e. The molecule has 0 amide bonds. The van der Waals surface area contributed by atoms with Crippen LogP contribution < -0.4 is 10.5 Å². The van der Waals surface area contributed by atoms with Crippen molar-refractivity contribution in [3.05, 3.63) is 23.3 Å². The van der Waals surface area contributed by atoms with Crippen LogP contribution >= 0.6 is 0 Å². The maximum Gasteiger partial charge on any atom is 0.417 e. The fraction of sp³-hybridized carbons (Fsp3) is 0.529. The maximum absolute atomic E-state index is 13.6. The van der Waals surface area contributed by atoms with E-state index in [4.69, 9.17) is 5.14 Å². The number of aliphatic imine (C=N–C) groups is 1. The van der Waals surface area contributed by atoms with E-state index in [1.165, 1.54) is 6.07 Å². The van der Waals surface area contributed by atoms with E-state index >= 15 is 0 Å². The van der Waals surface area contributed by atoms with Crippen LogP contribution in [-0.4, -0.2) is 48.0 Å². The van der Waals surface area contributed by atoms with Crippen LogP contribution in [0.3, 0.4) is 0 Å². The number of H-pyrrole nitrogens is 1. The molecule has 2 aliphatic rings. The van der Waals surface area contributed by atoms with Gasteiger partial charge in [-0.2, -0.15) is 18.4 Å². The van der Waals surface area contributed by atoms with Crippen molar-refractivity contribution in [2.45, 2.75) is 42.7 Å². The van der Waals surface area contributed by atoms with E-state index in [2.05, 4.69) is 30.9 Å². The number of benzene rings is 1. The first-order valence-corrected chi connectivity index (χ1v) is 11.0. The van der Waals surface area contributed by atoms with E-state index in [1.54, 1.807) is 0 Å². The van der Waals surface area contributed by atoms with Crippen LogP contribution in [0.25, 0.3) is 11.4 Å². The second kappa shape index (κ2) is 7.61. The van der Waals surface area contributed by atoms with Gasteiger partial charge in [0.05, 0.1) is 17.9 Å². The minimum absolute atomic E-state index is 0.167. The first kappa shape index (κ1) is 20.7. The average Bonchev–Trinajstić information content (AvgIpc) is 3.39. The summed E-state index contributed by atoms with van der Waals surface area (Å²) >= 11 is 0. The van der Waals surface area contributed by atoms with Crippen molar-refractivity contribution in [3.63, 3.8) is 0 Å². The molecule has 9 nitrogen and oxygen atoms in total. The summed E-state index contributed by atoms with van der Waals surface area (Å²) in [6, 6.07) is 2.08. The van der Waals surface area contributed by atoms with Crippen molar-refractivity contribution in [2.75, 3.05) is 13.1 Å². The number of aromatic nitrogens is 4. The second-order valence-electron chi connectivity index (χ2n) is 7.43. The van der Waals surface area contributed by atoms with E-state index in [9.17, 15) is 21.6 Å². The number of primary sulfonamides is 1. The Morgan fingerprint density at radius 2 is 1.80 bits per heavy atom. The number of alkyl halides is 3. The van der Waals surface area contributed by atoms with Gasteiger partial charge in [0, 0.05) is 18.0 Å². The van der Waals surface area contributed by atoms with Crippen LogP contribution in [0.1, 0.15) is 42.7 Å². The molecule has 2 heterocycles. The van der Waals surface area contributed by atoms with Crippen molar-refractivity contribution in [2.24, 2.45) is 16.0 Å². The van der Waals surface area contributed by atoms with Gasteiger partial charge >= 0.3 is 6.18 Å². The molecule has 162 valence electrons. The smallest absolute Gasteiger partial charge is 0.372 e. The predicted octanol–water partition coefficient (Wildman–Crippen LogP) is 1.81. The third-order valence-electron chi connectivity index (χ3n) is 5.60. The number of tetrazole rings is 1. The Morgan fingerprint density at radius 1 is 1.10 bits per heavy atom. The molecule has 0 unspecified atom stereocenters. The number of halogens is 3. The molecule has 30 heavy (non-hydrogen) atoms. The molecule has 0 atom stereocenters. The number of rotatable bonds is 4. The molecule has 1 aromatic heterocycles. The third kappa shape index (κ3) is 3.90. The lowest BCUT2D eigenvalue weighted by Gasteiger charge is -2.30. The van der Waals surface area contributed by atoms with Gasteiger partial charge < -0.3 is 5.32 Å². The highest BCUT2D eigenvalue weighted by Gasteiger charge is 2.41. The Labute approximate surface area is 170 Å². The number of hydrogen-bond acceptors (Lipinski definition) is 7. The molecular formula is C17H20F3N7O2S. The Morgan fingerprint density at radius 3 is 2.33 bits per heavy atom. The topological polar surface area (TPSA) is 139 Å². The van der Waals surface area contributed by atoms with Gasteiger partial charge in [0.1, 0.15) is 4.90 Å². The first-order valence-electron chi connectivity index (χ1n) is 9.45. The summed E-state index contributed by atoms with van der Waals surface area (Å²) in [5.41, 5.74) is -1.15. The molecule has 2 aromatic rings. The van der Waals surface area contributed by atoms with Crippen molar-refractivity contribution >= 4 is 15.9 Å². The van der Waals surface area contributed by atoms with E-state index in [0.29, 0.717) is 18.4 Å². The molecule has 1 aromatic carbocycles. The fourth-order valence-corrected chi connectivity index (χ4v) is 5.31. The number of nitrogens with one attached hydrogen (secondary N) is 2. The summed E-state index contributed by atoms with van der Waals surface area (Å²) in [6.45, 7) is 1.56. The molecule has 4 rings (SSSR count). The second-order valence-corrected chi connectivity index (χ2v) is 8.93. The highest BCUT2D eigenvalue weighted by Crippen LogP contribution is 2.45. The van der Waals surface area contributed by atoms with Gasteiger partial charge in [0.25, 0.3) is 0 Å². The van der Waals surface area contributed by atoms with Crippen molar-refractivity contribution in [3.8, 4) is 11.4 Å². The average molecular weight is 443 g/mol. The lowest BCUT2D eigenvalue weighted by Crippen LogP contribution is -2.30. The van der Waals surface area contributed by atoms with Gasteiger partial charge in [0.2, 0.25) is 15.8 Å². The Hall–Kier alpha value is -2.54. The van der Waals surface area contributed by atoms with Gasteiger partial charge in [-0.1, -0.05) is 6.07 Å². The van der Waals surface area contributed by atoms with Gasteiger partial charge in [-0.15, -0.1) is 10.2 Å². The van der Waals surface area contributed by atoms with Gasteiger partial charge in [-0.3, -0.25) is 4.99 Å². The number of nitrogens with zero attached hydrogens (tertiary/aromatic N) is 4. The number of hydrogen-bond donors (Lipinski definition) is 3. The van der Waals surface area contributed by atoms with E-state index in [1.807, 2.05) is 0 Å². The normalized spacial score (nSPS) is 22.6. The lowest BCUT2D eigenvalue weighted by atomic mass is 9.76. The zero-order chi connectivity index (χ0) is 21.5. The predicted molar refractivity (Wildman–Crippen MR) is 101 cm³/mol. The zero-order valence-corrected chi connectivity index (χ0v) is 16.6. The molecule has 0 radical (unpaired) electrons. The van der Waals surface area contributed by atoms with E-state index in [0.717, 1.165) is 37.8 Å². The quantitative estimate of drug-likeness (QED) is 0.659. The van der Waals surface area contributed by atoms with Crippen LogP contribution in [0.2, 0.25) is 0 Å². The lowest BCUT2D eigenvalue weighted by molar-refractivity contribution is -0.139. The summed E-state index contributed by atoms with van der Waals surface area (Å²) in [5.74, 6) is 0.845. The molecule has 0 saturated heterocycles. The Kier molecular flexibility index (Phi) is 5.26. The van der Waals surface area contributed by atoms with E-state index < -0.39 is 26.7 Å². The minimum Gasteiger partial charge on any atom is -0.372 e. The van der Waals surface area contributed by atoms with Crippen LogP contribution in [0.15, 0.2) is 22.0 Å². The number of nitrogens with two attached hydrogens (primary N) is 1. The summed E-state index contributed by atoms with van der Waals surface area (Å²) in [7, 11) is -4.73. The van der Waals surface area contributed by atoms with Crippen LogP contribution in [0.5, 0.6) is 0 Å². The fourth-order valence-electron chi connectivity index (χ4n) is 4.32. The molecule has 0 spiro atoms. The zero-order valence-electron chi connectivity index (χ0n) is 15.8. The molecule has 4 N–H and O–H groups in total.